The van der Waals surface area contributed by atoms with Crippen LogP contribution < -0.4 is 5.32 Å². The topological polar surface area (TPSA) is 104 Å². The maximum atomic E-state index is 13.2. The average molecular weight is 486 g/mol. The van der Waals surface area contributed by atoms with E-state index in [4.69, 9.17) is 0 Å². The van der Waals surface area contributed by atoms with E-state index in [0.29, 0.717) is 6.54 Å². The molecule has 0 unspecified atom stereocenters. The summed E-state index contributed by atoms with van der Waals surface area (Å²) >= 11 is 0. The van der Waals surface area contributed by atoms with Gasteiger partial charge in [-0.25, -0.2) is 12.7 Å². The monoisotopic (exact) mass is 485 g/mol. The van der Waals surface area contributed by atoms with Crippen molar-refractivity contribution >= 4 is 27.7 Å². The van der Waals surface area contributed by atoms with Crippen molar-refractivity contribution in [3.8, 4) is 0 Å². The lowest BCUT2D eigenvalue weighted by molar-refractivity contribution is -0.140. The fourth-order valence-corrected chi connectivity index (χ4v) is 5.39. The zero-order valence-corrected chi connectivity index (χ0v) is 20.5. The van der Waals surface area contributed by atoms with E-state index in [1.54, 1.807) is 19.1 Å². The summed E-state index contributed by atoms with van der Waals surface area (Å²) in [5.74, 6) is -0.826. The van der Waals surface area contributed by atoms with Gasteiger partial charge in [-0.15, -0.1) is 0 Å². The molecule has 2 aromatic carbocycles. The van der Waals surface area contributed by atoms with Crippen molar-refractivity contribution in [1.29, 1.82) is 0 Å². The third-order valence-electron chi connectivity index (χ3n) is 5.71. The summed E-state index contributed by atoms with van der Waals surface area (Å²) in [6, 6.07) is 14.7. The second-order valence-electron chi connectivity index (χ2n) is 8.80. The predicted octanol–water partition coefficient (Wildman–Crippen LogP) is 2.80. The molecule has 1 atom stereocenters. The number of nitrogens with zero attached hydrogens (tertiary/aromatic N) is 2. The van der Waals surface area contributed by atoms with Crippen LogP contribution in [0.15, 0.2) is 59.5 Å². The van der Waals surface area contributed by atoms with E-state index in [9.17, 15) is 22.8 Å². The SMILES string of the molecule is CC(C)CNC(=O)[C@H](C)N(Cc1ccccc1)C(=O)CCCN1C(=O)c2ccccc2S1(=O)=O. The van der Waals surface area contributed by atoms with Crippen LogP contribution in [0.25, 0.3) is 0 Å². The highest BCUT2D eigenvalue weighted by molar-refractivity contribution is 7.90. The number of hydrogen-bond donors (Lipinski definition) is 1. The molecule has 0 bridgehead atoms. The molecule has 1 aliphatic heterocycles. The number of nitrogens with one attached hydrogen (secondary N) is 1. The summed E-state index contributed by atoms with van der Waals surface area (Å²) in [7, 11) is -3.91. The molecule has 0 aliphatic carbocycles. The van der Waals surface area contributed by atoms with Crippen molar-refractivity contribution in [1.82, 2.24) is 14.5 Å². The van der Waals surface area contributed by atoms with Gasteiger partial charge in [0.05, 0.1) is 5.56 Å². The van der Waals surface area contributed by atoms with Crippen molar-refractivity contribution in [2.24, 2.45) is 5.92 Å². The zero-order chi connectivity index (χ0) is 24.9. The first-order chi connectivity index (χ1) is 16.1. The van der Waals surface area contributed by atoms with Crippen LogP contribution in [0.5, 0.6) is 0 Å². The van der Waals surface area contributed by atoms with Crippen molar-refractivity contribution in [2.75, 3.05) is 13.1 Å². The largest absolute Gasteiger partial charge is 0.354 e. The molecule has 9 heteroatoms. The van der Waals surface area contributed by atoms with Gasteiger partial charge in [-0.3, -0.25) is 14.4 Å². The smallest absolute Gasteiger partial charge is 0.269 e. The molecule has 0 aromatic heterocycles. The summed E-state index contributed by atoms with van der Waals surface area (Å²) in [5, 5.41) is 2.87. The van der Waals surface area contributed by atoms with Crippen LogP contribution >= 0.6 is 0 Å². The van der Waals surface area contributed by atoms with E-state index in [1.807, 2.05) is 44.2 Å². The van der Waals surface area contributed by atoms with Crippen molar-refractivity contribution in [2.45, 2.75) is 51.1 Å². The third kappa shape index (κ3) is 5.64. The number of carbonyl (C=O) groups excluding carboxylic acids is 3. The lowest BCUT2D eigenvalue weighted by Crippen LogP contribution is -2.48. The molecular weight excluding hydrogens is 454 g/mol. The van der Waals surface area contributed by atoms with Crippen molar-refractivity contribution in [3.05, 3.63) is 65.7 Å². The molecule has 3 amide bonds. The van der Waals surface area contributed by atoms with Crippen LogP contribution in [-0.2, 0) is 26.2 Å². The van der Waals surface area contributed by atoms with E-state index in [0.717, 1.165) is 9.87 Å². The van der Waals surface area contributed by atoms with Crippen LogP contribution in [0.2, 0.25) is 0 Å². The zero-order valence-electron chi connectivity index (χ0n) is 19.7. The predicted molar refractivity (Wildman–Crippen MR) is 128 cm³/mol. The molecule has 182 valence electrons. The molecule has 1 N–H and O–H groups in total. The Morgan fingerprint density at radius 2 is 1.65 bits per heavy atom. The van der Waals surface area contributed by atoms with E-state index in [1.165, 1.54) is 17.0 Å². The van der Waals surface area contributed by atoms with Crippen LogP contribution in [0, 0.1) is 5.92 Å². The average Bonchev–Trinajstić information content (AvgIpc) is 3.01. The minimum atomic E-state index is -3.91. The Morgan fingerprint density at radius 3 is 2.29 bits per heavy atom. The summed E-state index contributed by atoms with van der Waals surface area (Å²) in [6.45, 7) is 6.32. The normalized spacial score (nSPS) is 15.2. The Balaban J connectivity index is 1.68. The Morgan fingerprint density at radius 1 is 1.00 bits per heavy atom. The van der Waals surface area contributed by atoms with Gasteiger partial charge in [-0.2, -0.15) is 0 Å². The standard InChI is InChI=1S/C25H31N3O5S/c1-18(2)16-26-24(30)19(3)27(17-20-10-5-4-6-11-20)23(29)14-9-15-28-25(31)21-12-7-8-13-22(21)34(28,32)33/h4-8,10-13,18-19H,9,14-17H2,1-3H3,(H,26,30)/t19-/m0/s1. The lowest BCUT2D eigenvalue weighted by atomic mass is 10.1. The summed E-state index contributed by atoms with van der Waals surface area (Å²) < 4.78 is 26.3. The third-order valence-corrected chi connectivity index (χ3v) is 7.55. The summed E-state index contributed by atoms with van der Waals surface area (Å²) in [5.41, 5.74) is 1.03. The number of sulfonamides is 1. The molecule has 1 aliphatic rings. The number of hydrogen-bond acceptors (Lipinski definition) is 5. The Hall–Kier alpha value is -3.20. The quantitative estimate of drug-likeness (QED) is 0.557. The highest BCUT2D eigenvalue weighted by Crippen LogP contribution is 2.30. The molecule has 0 fully saturated rings. The highest BCUT2D eigenvalue weighted by Gasteiger charge is 2.40. The first kappa shape index (κ1) is 25.4. The molecular formula is C25H31N3O5S. The van der Waals surface area contributed by atoms with E-state index < -0.39 is 22.0 Å². The van der Waals surface area contributed by atoms with Crippen LogP contribution in [-0.4, -0.2) is 54.5 Å². The number of fused-ring (bicyclic) bond motifs is 1. The fourth-order valence-electron chi connectivity index (χ4n) is 3.78. The van der Waals surface area contributed by atoms with Gasteiger partial charge in [0.2, 0.25) is 11.8 Å². The van der Waals surface area contributed by atoms with Crippen molar-refractivity contribution < 1.29 is 22.8 Å². The van der Waals surface area contributed by atoms with Crippen LogP contribution in [0.3, 0.4) is 0 Å². The molecule has 0 saturated carbocycles. The van der Waals surface area contributed by atoms with Gasteiger partial charge in [-0.05, 0) is 37.0 Å². The fraction of sp³-hybridized carbons (Fsp3) is 0.400. The second kappa shape index (κ2) is 10.8. The molecule has 2 aromatic rings. The van der Waals surface area contributed by atoms with Gasteiger partial charge in [0.25, 0.3) is 15.9 Å². The van der Waals surface area contributed by atoms with Gasteiger partial charge >= 0.3 is 0 Å². The van der Waals surface area contributed by atoms with E-state index in [-0.39, 0.29) is 54.1 Å². The molecule has 0 spiro atoms. The maximum Gasteiger partial charge on any atom is 0.269 e. The van der Waals surface area contributed by atoms with Crippen molar-refractivity contribution in [3.63, 3.8) is 0 Å². The van der Waals surface area contributed by atoms with E-state index >= 15 is 0 Å². The van der Waals surface area contributed by atoms with Gasteiger partial charge in [0.15, 0.2) is 0 Å². The summed E-state index contributed by atoms with van der Waals surface area (Å²) in [6.07, 6.45) is 0.160. The lowest BCUT2D eigenvalue weighted by Gasteiger charge is -2.29. The maximum absolute atomic E-state index is 13.2. The molecule has 34 heavy (non-hydrogen) atoms. The molecule has 1 heterocycles. The van der Waals surface area contributed by atoms with Gasteiger partial charge in [-0.1, -0.05) is 56.3 Å². The minimum Gasteiger partial charge on any atom is -0.354 e. The second-order valence-corrected chi connectivity index (χ2v) is 10.6. The molecule has 0 saturated heterocycles. The number of benzene rings is 2. The molecule has 8 nitrogen and oxygen atoms in total. The first-order valence-electron chi connectivity index (χ1n) is 11.4. The number of carbonyl (C=O) groups is 3. The van der Waals surface area contributed by atoms with Crippen LogP contribution in [0.1, 0.15) is 49.5 Å². The number of amides is 3. The Kier molecular flexibility index (Phi) is 8.09. The van der Waals surface area contributed by atoms with Gasteiger partial charge < -0.3 is 10.2 Å². The molecule has 3 rings (SSSR count). The Bertz CT molecular complexity index is 1150. The van der Waals surface area contributed by atoms with Gasteiger partial charge in [0, 0.05) is 26.1 Å². The number of rotatable bonds is 10. The van der Waals surface area contributed by atoms with Gasteiger partial charge in [0.1, 0.15) is 10.9 Å². The Labute approximate surface area is 201 Å². The van der Waals surface area contributed by atoms with E-state index in [2.05, 4.69) is 5.32 Å². The summed E-state index contributed by atoms with van der Waals surface area (Å²) in [4.78, 5) is 39.9. The highest BCUT2D eigenvalue weighted by atomic mass is 32.2. The van der Waals surface area contributed by atoms with Crippen LogP contribution in [0.4, 0.5) is 0 Å². The molecule has 0 radical (unpaired) electrons. The first-order valence-corrected chi connectivity index (χ1v) is 12.8. The minimum absolute atomic E-state index is 0.00425.